The van der Waals surface area contributed by atoms with Crippen molar-refractivity contribution >= 4 is 0 Å². The van der Waals surface area contributed by atoms with Crippen LogP contribution >= 0.6 is 0 Å². The SMILES string of the molecule is C=CCOc1cnc(-c2ccc(CCCCCC(C)F)cc2)cn1. The van der Waals surface area contributed by atoms with Crippen LogP contribution in [0.4, 0.5) is 4.39 Å². The van der Waals surface area contributed by atoms with E-state index in [1.54, 1.807) is 25.4 Å². The number of unbranched alkanes of at least 4 members (excludes halogenated alkanes) is 2. The highest BCUT2D eigenvalue weighted by Gasteiger charge is 2.03. The third kappa shape index (κ3) is 6.11. The minimum absolute atomic E-state index is 0.424. The van der Waals surface area contributed by atoms with Crippen molar-refractivity contribution in [3.8, 4) is 17.1 Å². The van der Waals surface area contributed by atoms with Gasteiger partial charge in [0, 0.05) is 5.56 Å². The molecule has 0 bridgehead atoms. The lowest BCUT2D eigenvalue weighted by atomic mass is 10.0. The van der Waals surface area contributed by atoms with E-state index in [1.807, 2.05) is 0 Å². The first-order chi connectivity index (χ1) is 11.7. The van der Waals surface area contributed by atoms with Crippen LogP contribution < -0.4 is 4.74 Å². The van der Waals surface area contributed by atoms with Gasteiger partial charge in [-0.2, -0.15) is 0 Å². The highest BCUT2D eigenvalue weighted by molar-refractivity contribution is 5.58. The van der Waals surface area contributed by atoms with E-state index in [4.69, 9.17) is 4.74 Å². The highest BCUT2D eigenvalue weighted by Crippen LogP contribution is 2.19. The van der Waals surface area contributed by atoms with Crippen molar-refractivity contribution in [2.45, 2.75) is 45.2 Å². The average molecular weight is 328 g/mol. The number of benzene rings is 1. The van der Waals surface area contributed by atoms with Crippen LogP contribution in [0.3, 0.4) is 0 Å². The first-order valence-electron chi connectivity index (χ1n) is 8.48. The number of hydrogen-bond donors (Lipinski definition) is 0. The van der Waals surface area contributed by atoms with Crippen LogP contribution in [0.1, 0.15) is 38.2 Å². The third-order valence-electron chi connectivity index (χ3n) is 3.79. The lowest BCUT2D eigenvalue weighted by Gasteiger charge is -2.06. The largest absolute Gasteiger partial charge is 0.472 e. The Hall–Kier alpha value is -2.23. The van der Waals surface area contributed by atoms with Gasteiger partial charge in [-0.15, -0.1) is 0 Å². The van der Waals surface area contributed by atoms with E-state index in [9.17, 15) is 4.39 Å². The molecule has 2 rings (SSSR count). The molecule has 0 saturated carbocycles. The zero-order chi connectivity index (χ0) is 17.2. The van der Waals surface area contributed by atoms with Crippen LogP contribution in [-0.4, -0.2) is 22.7 Å². The Morgan fingerprint density at radius 2 is 1.92 bits per heavy atom. The molecule has 0 saturated heterocycles. The summed E-state index contributed by atoms with van der Waals surface area (Å²) in [6.07, 6.45) is 9.17. The molecule has 0 amide bonds. The summed E-state index contributed by atoms with van der Waals surface area (Å²) in [5.41, 5.74) is 3.16. The first kappa shape index (κ1) is 18.1. The Morgan fingerprint density at radius 1 is 1.12 bits per heavy atom. The molecule has 2 aromatic rings. The van der Waals surface area contributed by atoms with Crippen molar-refractivity contribution in [3.05, 3.63) is 54.9 Å². The summed E-state index contributed by atoms with van der Waals surface area (Å²) in [7, 11) is 0. The smallest absolute Gasteiger partial charge is 0.232 e. The summed E-state index contributed by atoms with van der Waals surface area (Å²) in [5.74, 6) is 0.498. The number of ether oxygens (including phenoxy) is 1. The number of aryl methyl sites for hydroxylation is 1. The summed E-state index contributed by atoms with van der Waals surface area (Å²) in [5, 5.41) is 0. The quantitative estimate of drug-likeness (QED) is 0.446. The lowest BCUT2D eigenvalue weighted by molar-refractivity contribution is 0.330. The standard InChI is InChI=1S/C20H25FN2O/c1-3-13-24-20-15-22-19(14-23-20)18-11-9-17(10-12-18)8-6-4-5-7-16(2)21/h3,9-12,14-16H,1,4-8,13H2,2H3. The summed E-state index contributed by atoms with van der Waals surface area (Å²) < 4.78 is 18.0. The second kappa shape index (κ2) is 9.81. The molecule has 1 atom stereocenters. The number of nitrogens with zero attached hydrogens (tertiary/aromatic N) is 2. The fourth-order valence-electron chi connectivity index (χ4n) is 2.46. The number of halogens is 1. The predicted octanol–water partition coefficient (Wildman–Crippen LogP) is 5.17. The summed E-state index contributed by atoms with van der Waals surface area (Å²) in [6, 6.07) is 8.37. The van der Waals surface area contributed by atoms with Gasteiger partial charge in [0.1, 0.15) is 6.61 Å². The molecule has 0 aliphatic rings. The monoisotopic (exact) mass is 328 g/mol. The van der Waals surface area contributed by atoms with Gasteiger partial charge in [0.25, 0.3) is 0 Å². The van der Waals surface area contributed by atoms with Gasteiger partial charge in [0.05, 0.1) is 24.3 Å². The van der Waals surface area contributed by atoms with E-state index >= 15 is 0 Å². The van der Waals surface area contributed by atoms with Gasteiger partial charge in [0.15, 0.2) is 0 Å². The zero-order valence-electron chi connectivity index (χ0n) is 14.2. The Morgan fingerprint density at radius 3 is 2.54 bits per heavy atom. The maximum absolute atomic E-state index is 12.7. The van der Waals surface area contributed by atoms with Crippen molar-refractivity contribution in [2.75, 3.05) is 6.61 Å². The molecule has 0 N–H and O–H groups in total. The van der Waals surface area contributed by atoms with Gasteiger partial charge in [-0.05, 0) is 31.7 Å². The fourth-order valence-corrected chi connectivity index (χ4v) is 2.46. The van der Waals surface area contributed by atoms with Crippen molar-refractivity contribution in [1.82, 2.24) is 9.97 Å². The highest BCUT2D eigenvalue weighted by atomic mass is 19.1. The molecular formula is C20H25FN2O. The van der Waals surface area contributed by atoms with Crippen LogP contribution in [-0.2, 0) is 6.42 Å². The number of hydrogen-bond acceptors (Lipinski definition) is 3. The first-order valence-corrected chi connectivity index (χ1v) is 8.48. The molecule has 0 aliphatic carbocycles. The molecule has 1 aromatic heterocycles. The Kier molecular flexibility index (Phi) is 7.40. The topological polar surface area (TPSA) is 35.0 Å². The van der Waals surface area contributed by atoms with Crippen LogP contribution in [0.2, 0.25) is 0 Å². The maximum Gasteiger partial charge on any atom is 0.232 e. The molecule has 1 unspecified atom stereocenters. The molecule has 4 heteroatoms. The average Bonchev–Trinajstić information content (AvgIpc) is 2.60. The minimum atomic E-state index is -0.682. The van der Waals surface area contributed by atoms with Crippen LogP contribution in [0.25, 0.3) is 11.3 Å². The zero-order valence-corrected chi connectivity index (χ0v) is 14.2. The Balaban J connectivity index is 1.83. The number of alkyl halides is 1. The van der Waals surface area contributed by atoms with Gasteiger partial charge in [-0.3, -0.25) is 0 Å². The van der Waals surface area contributed by atoms with Crippen LogP contribution in [0.5, 0.6) is 5.88 Å². The molecule has 24 heavy (non-hydrogen) atoms. The molecule has 3 nitrogen and oxygen atoms in total. The molecular weight excluding hydrogens is 303 g/mol. The van der Waals surface area contributed by atoms with Gasteiger partial charge in [-0.25, -0.2) is 14.4 Å². The second-order valence-electron chi connectivity index (χ2n) is 5.92. The summed E-state index contributed by atoms with van der Waals surface area (Å²) in [4.78, 5) is 8.61. The molecule has 1 aromatic carbocycles. The number of rotatable bonds is 10. The van der Waals surface area contributed by atoms with E-state index < -0.39 is 6.17 Å². The molecule has 0 spiro atoms. The molecule has 0 fully saturated rings. The van der Waals surface area contributed by atoms with E-state index in [2.05, 4.69) is 40.8 Å². The number of aromatic nitrogens is 2. The molecule has 0 radical (unpaired) electrons. The van der Waals surface area contributed by atoms with Gasteiger partial charge >= 0.3 is 0 Å². The fraction of sp³-hybridized carbons (Fsp3) is 0.400. The minimum Gasteiger partial charge on any atom is -0.472 e. The lowest BCUT2D eigenvalue weighted by Crippen LogP contribution is -1.96. The Bertz CT molecular complexity index is 609. The summed E-state index contributed by atoms with van der Waals surface area (Å²) >= 11 is 0. The third-order valence-corrected chi connectivity index (χ3v) is 3.79. The Labute approximate surface area is 143 Å². The second-order valence-corrected chi connectivity index (χ2v) is 5.92. The van der Waals surface area contributed by atoms with Gasteiger partial charge in [0.2, 0.25) is 5.88 Å². The van der Waals surface area contributed by atoms with Crippen molar-refractivity contribution in [2.24, 2.45) is 0 Å². The van der Waals surface area contributed by atoms with Gasteiger partial charge < -0.3 is 4.74 Å². The molecule has 0 aliphatic heterocycles. The molecule has 1 heterocycles. The molecule has 128 valence electrons. The van der Waals surface area contributed by atoms with E-state index in [0.717, 1.165) is 36.9 Å². The van der Waals surface area contributed by atoms with Crippen molar-refractivity contribution < 1.29 is 9.13 Å². The summed E-state index contributed by atoms with van der Waals surface area (Å²) in [6.45, 7) is 5.65. The van der Waals surface area contributed by atoms with Crippen molar-refractivity contribution in [3.63, 3.8) is 0 Å². The van der Waals surface area contributed by atoms with Crippen LogP contribution in [0, 0.1) is 0 Å². The maximum atomic E-state index is 12.7. The van der Waals surface area contributed by atoms with Crippen molar-refractivity contribution in [1.29, 1.82) is 0 Å². The van der Waals surface area contributed by atoms with E-state index in [1.165, 1.54) is 5.56 Å². The van der Waals surface area contributed by atoms with Crippen LogP contribution in [0.15, 0.2) is 49.3 Å². The normalized spacial score (nSPS) is 11.9. The predicted molar refractivity (Wildman–Crippen MR) is 95.9 cm³/mol. The van der Waals surface area contributed by atoms with Gasteiger partial charge in [-0.1, -0.05) is 49.8 Å². The van der Waals surface area contributed by atoms with E-state index in [0.29, 0.717) is 18.9 Å². The van der Waals surface area contributed by atoms with E-state index in [-0.39, 0.29) is 0 Å².